The molecule has 39 heavy (non-hydrogen) atoms. The molecule has 0 amide bonds. The van der Waals surface area contributed by atoms with Crippen LogP contribution in [-0.4, -0.2) is 7.05 Å². The summed E-state index contributed by atoms with van der Waals surface area (Å²) >= 11 is 0. The van der Waals surface area contributed by atoms with Crippen molar-refractivity contribution in [3.63, 3.8) is 0 Å². The van der Waals surface area contributed by atoms with Crippen molar-refractivity contribution in [2.45, 2.75) is 101 Å². The number of allylic oxidation sites excluding steroid dienone is 6. The summed E-state index contributed by atoms with van der Waals surface area (Å²) in [4.78, 5) is 0. The van der Waals surface area contributed by atoms with Crippen LogP contribution in [0, 0.1) is 18.2 Å². The average molecular weight is 536 g/mol. The van der Waals surface area contributed by atoms with Crippen molar-refractivity contribution in [2.75, 3.05) is 7.05 Å². The van der Waals surface area contributed by atoms with Gasteiger partial charge in [-0.05, 0) is 99.7 Å². The van der Waals surface area contributed by atoms with Crippen molar-refractivity contribution < 1.29 is 4.39 Å². The third-order valence-electron chi connectivity index (χ3n) is 6.55. The highest BCUT2D eigenvalue weighted by molar-refractivity contribution is 5.42. The fourth-order valence-electron chi connectivity index (χ4n) is 4.53. The summed E-state index contributed by atoms with van der Waals surface area (Å²) in [6.07, 6.45) is 12.6. The molecule has 2 aliphatic rings. The zero-order valence-electron chi connectivity index (χ0n) is 26.9. The molecule has 1 nitrogen and oxygen atoms in total. The van der Waals surface area contributed by atoms with Crippen molar-refractivity contribution in [3.8, 4) is 0 Å². The summed E-state index contributed by atoms with van der Waals surface area (Å²) in [5.74, 6) is -0.171. The number of nitrogens with one attached hydrogen (secondary N) is 1. The minimum Gasteiger partial charge on any atom is -0.316 e. The van der Waals surface area contributed by atoms with E-state index in [0.717, 1.165) is 18.5 Å². The first-order chi connectivity index (χ1) is 18.7. The van der Waals surface area contributed by atoms with E-state index in [1.165, 1.54) is 60.1 Å². The summed E-state index contributed by atoms with van der Waals surface area (Å²) < 4.78 is 12.1. The lowest BCUT2D eigenvalue weighted by atomic mass is 9.74. The molecule has 2 aromatic rings. The van der Waals surface area contributed by atoms with Crippen LogP contribution < -0.4 is 5.32 Å². The number of hydrogen-bond acceptors (Lipinski definition) is 1. The lowest BCUT2D eigenvalue weighted by Crippen LogP contribution is -2.18. The highest BCUT2D eigenvalue weighted by Gasteiger charge is 2.36. The van der Waals surface area contributed by atoms with Gasteiger partial charge in [-0.2, -0.15) is 0 Å². The van der Waals surface area contributed by atoms with Crippen LogP contribution in [0.2, 0.25) is 0 Å². The van der Waals surface area contributed by atoms with E-state index in [2.05, 4.69) is 69.6 Å². The Hall–Kier alpha value is -2.71. The standard InChI is InChI=1S/C13H18.C10H15N.C7H7F.C3H6.2C2H6/c1-4-11-9-13(3)7-5-6-12(13)8-10(11)2;1-3-9-6-4-5-7-10(9)8-11-2;1-6-2-4-7(8)5-3-6;1-3-2;2*1-2/h4,8H,1,5-7,9H2,2-3H3;4-7,11H,3,8H2,1-2H3;2-5H,1H3;3H,1H2,2H3;2*1-2H3. The lowest BCUT2D eigenvalue weighted by molar-refractivity contribution is 0.403. The van der Waals surface area contributed by atoms with Crippen LogP contribution in [0.3, 0.4) is 0 Å². The zero-order chi connectivity index (χ0) is 30.3. The number of hydrogen-bond donors (Lipinski definition) is 1. The van der Waals surface area contributed by atoms with Gasteiger partial charge in [0.1, 0.15) is 5.82 Å². The molecule has 1 N–H and O–H groups in total. The van der Waals surface area contributed by atoms with Crippen molar-refractivity contribution >= 4 is 0 Å². The third kappa shape index (κ3) is 14.9. The molecular formula is C37H58FN. The molecule has 2 aliphatic carbocycles. The largest absolute Gasteiger partial charge is 0.316 e. The first-order valence-corrected chi connectivity index (χ1v) is 14.8. The monoisotopic (exact) mass is 535 g/mol. The van der Waals surface area contributed by atoms with Gasteiger partial charge in [0.25, 0.3) is 0 Å². The van der Waals surface area contributed by atoms with E-state index >= 15 is 0 Å². The summed E-state index contributed by atoms with van der Waals surface area (Å²) in [5, 5.41) is 3.16. The van der Waals surface area contributed by atoms with Crippen LogP contribution in [0.1, 0.15) is 97.8 Å². The normalized spacial score (nSPS) is 16.3. The SMILES string of the molecule is C=CC.C=CC1=C(C)C=C2CCCC2(C)C1.CC.CC.CCc1ccccc1CNC.Cc1ccc(F)cc1. The minimum atomic E-state index is -0.171. The van der Waals surface area contributed by atoms with Crippen molar-refractivity contribution in [1.82, 2.24) is 5.32 Å². The van der Waals surface area contributed by atoms with Gasteiger partial charge in [0.05, 0.1) is 0 Å². The number of fused-ring (bicyclic) bond motifs is 1. The fourth-order valence-corrected chi connectivity index (χ4v) is 4.53. The maximum Gasteiger partial charge on any atom is 0.123 e. The Balaban J connectivity index is 0. The van der Waals surface area contributed by atoms with Gasteiger partial charge in [-0.25, -0.2) is 4.39 Å². The molecule has 1 unspecified atom stereocenters. The number of aryl methyl sites for hydroxylation is 2. The molecule has 2 aromatic carbocycles. The number of benzene rings is 2. The van der Waals surface area contributed by atoms with Crippen LogP contribution in [0.15, 0.2) is 96.6 Å². The molecule has 0 aliphatic heterocycles. The third-order valence-corrected chi connectivity index (χ3v) is 6.55. The molecule has 0 heterocycles. The van der Waals surface area contributed by atoms with Crippen LogP contribution in [0.4, 0.5) is 4.39 Å². The van der Waals surface area contributed by atoms with Crippen molar-refractivity contribution in [2.24, 2.45) is 5.41 Å². The molecular weight excluding hydrogens is 477 g/mol. The predicted molar refractivity (Wildman–Crippen MR) is 176 cm³/mol. The molecule has 0 saturated heterocycles. The maximum absolute atomic E-state index is 12.1. The van der Waals surface area contributed by atoms with Crippen molar-refractivity contribution in [3.05, 3.63) is 119 Å². The predicted octanol–water partition coefficient (Wildman–Crippen LogP) is 11.4. The Bertz CT molecular complexity index is 960. The van der Waals surface area contributed by atoms with E-state index in [0.29, 0.717) is 5.41 Å². The molecule has 218 valence electrons. The average Bonchev–Trinajstić information content (AvgIpc) is 3.34. The lowest BCUT2D eigenvalue weighted by Gasteiger charge is -2.31. The smallest absolute Gasteiger partial charge is 0.123 e. The first kappa shape index (κ1) is 38.4. The van der Waals surface area contributed by atoms with E-state index in [4.69, 9.17) is 0 Å². The van der Waals surface area contributed by atoms with E-state index in [9.17, 15) is 4.39 Å². The van der Waals surface area contributed by atoms with Gasteiger partial charge >= 0.3 is 0 Å². The second kappa shape index (κ2) is 23.2. The highest BCUT2D eigenvalue weighted by Crippen LogP contribution is 2.50. The molecule has 0 spiro atoms. The Morgan fingerprint density at radius 1 is 0.949 bits per heavy atom. The Labute approximate surface area is 242 Å². The van der Waals surface area contributed by atoms with Gasteiger partial charge in [0, 0.05) is 6.54 Å². The molecule has 0 aromatic heterocycles. The Morgan fingerprint density at radius 3 is 1.95 bits per heavy atom. The summed E-state index contributed by atoms with van der Waals surface area (Å²) in [7, 11) is 1.98. The van der Waals surface area contributed by atoms with Gasteiger partial charge in [-0.3, -0.25) is 0 Å². The van der Waals surface area contributed by atoms with E-state index < -0.39 is 0 Å². The first-order valence-electron chi connectivity index (χ1n) is 14.8. The molecule has 0 bridgehead atoms. The van der Waals surface area contributed by atoms with Gasteiger partial charge in [-0.15, -0.1) is 6.58 Å². The Morgan fingerprint density at radius 2 is 1.49 bits per heavy atom. The zero-order valence-corrected chi connectivity index (χ0v) is 26.9. The van der Waals surface area contributed by atoms with Gasteiger partial charge < -0.3 is 5.32 Å². The fraction of sp³-hybridized carbons (Fsp3) is 0.459. The van der Waals surface area contributed by atoms with Gasteiger partial charge in [-0.1, -0.05) is 114 Å². The van der Waals surface area contributed by atoms with Crippen LogP contribution in [-0.2, 0) is 13.0 Å². The maximum atomic E-state index is 12.1. The van der Waals surface area contributed by atoms with Gasteiger partial charge in [0.2, 0.25) is 0 Å². The summed E-state index contributed by atoms with van der Waals surface area (Å²) in [6.45, 7) is 26.9. The molecule has 1 fully saturated rings. The summed E-state index contributed by atoms with van der Waals surface area (Å²) in [5.41, 5.74) is 8.99. The highest BCUT2D eigenvalue weighted by atomic mass is 19.1. The molecule has 4 rings (SSSR count). The van der Waals surface area contributed by atoms with E-state index in [1.807, 2.05) is 54.7 Å². The van der Waals surface area contributed by atoms with E-state index in [1.54, 1.807) is 23.8 Å². The van der Waals surface area contributed by atoms with Crippen LogP contribution >= 0.6 is 0 Å². The molecule has 0 radical (unpaired) electrons. The topological polar surface area (TPSA) is 12.0 Å². The number of rotatable bonds is 4. The van der Waals surface area contributed by atoms with E-state index in [-0.39, 0.29) is 5.82 Å². The molecule has 1 saturated carbocycles. The number of halogens is 1. The van der Waals surface area contributed by atoms with Crippen LogP contribution in [0.5, 0.6) is 0 Å². The van der Waals surface area contributed by atoms with Crippen LogP contribution in [0.25, 0.3) is 0 Å². The van der Waals surface area contributed by atoms with Crippen molar-refractivity contribution in [1.29, 1.82) is 0 Å². The quantitative estimate of drug-likeness (QED) is 0.384. The second-order valence-corrected chi connectivity index (χ2v) is 9.53. The molecule has 2 heteroatoms. The minimum absolute atomic E-state index is 0.171. The second-order valence-electron chi connectivity index (χ2n) is 9.53. The molecule has 1 atom stereocenters. The Kier molecular flexibility index (Phi) is 22.9. The van der Waals surface area contributed by atoms with Gasteiger partial charge in [0.15, 0.2) is 0 Å². The summed E-state index contributed by atoms with van der Waals surface area (Å²) in [6, 6.07) is 14.9.